The summed E-state index contributed by atoms with van der Waals surface area (Å²) in [5.74, 6) is 1.13. The Morgan fingerprint density at radius 1 is 1.06 bits per heavy atom. The summed E-state index contributed by atoms with van der Waals surface area (Å²) in [6, 6.07) is 7.61. The summed E-state index contributed by atoms with van der Waals surface area (Å²) < 4.78 is 5.66. The predicted octanol–water partition coefficient (Wildman–Crippen LogP) is 3.14. The molecule has 1 aliphatic heterocycles. The Morgan fingerprint density at radius 3 is 2.44 bits per heavy atom. The molecule has 1 N–H and O–H groups in total. The first kappa shape index (κ1) is 22.3. The normalized spacial score (nSPS) is 14.0. The Kier molecular flexibility index (Phi) is 6.75. The molecular formula is C21H24N6O3S2. The molecule has 1 saturated heterocycles. The van der Waals surface area contributed by atoms with Crippen LogP contribution in [0.15, 0.2) is 33.1 Å². The second-order valence-electron chi connectivity index (χ2n) is 7.67. The van der Waals surface area contributed by atoms with Gasteiger partial charge in [-0.2, -0.15) is 0 Å². The lowest BCUT2D eigenvalue weighted by molar-refractivity contribution is -0.113. The third-order valence-corrected chi connectivity index (χ3v) is 7.04. The minimum Gasteiger partial charge on any atom is -0.360 e. The molecule has 0 bridgehead atoms. The van der Waals surface area contributed by atoms with E-state index >= 15 is 0 Å². The van der Waals surface area contributed by atoms with Gasteiger partial charge in [0.1, 0.15) is 5.76 Å². The van der Waals surface area contributed by atoms with Crippen LogP contribution in [0.3, 0.4) is 0 Å². The molecule has 0 saturated carbocycles. The van der Waals surface area contributed by atoms with E-state index in [4.69, 9.17) is 4.52 Å². The van der Waals surface area contributed by atoms with Crippen molar-refractivity contribution < 1.29 is 14.1 Å². The Labute approximate surface area is 194 Å². The van der Waals surface area contributed by atoms with Gasteiger partial charge >= 0.3 is 0 Å². The van der Waals surface area contributed by atoms with Crippen LogP contribution in [0.2, 0.25) is 0 Å². The highest BCUT2D eigenvalue weighted by molar-refractivity contribution is 8.01. The minimum atomic E-state index is -0.182. The molecule has 0 radical (unpaired) electrons. The van der Waals surface area contributed by atoms with Crippen LogP contribution in [0.1, 0.15) is 27.2 Å². The van der Waals surface area contributed by atoms with Crippen LogP contribution in [-0.2, 0) is 4.79 Å². The summed E-state index contributed by atoms with van der Waals surface area (Å²) in [6.45, 7) is 8.43. The van der Waals surface area contributed by atoms with E-state index in [1.54, 1.807) is 13.0 Å². The Bertz CT molecular complexity index is 1100. The van der Waals surface area contributed by atoms with Gasteiger partial charge in [-0.3, -0.25) is 9.59 Å². The van der Waals surface area contributed by atoms with Crippen molar-refractivity contribution in [2.75, 3.05) is 42.1 Å². The van der Waals surface area contributed by atoms with Crippen molar-refractivity contribution in [2.45, 2.75) is 25.1 Å². The molecule has 9 nitrogen and oxygen atoms in total. The zero-order chi connectivity index (χ0) is 22.7. The maximum atomic E-state index is 12.9. The average molecular weight is 473 g/mol. The minimum absolute atomic E-state index is 0.0678. The van der Waals surface area contributed by atoms with Gasteiger partial charge < -0.3 is 19.6 Å². The van der Waals surface area contributed by atoms with E-state index in [0.717, 1.165) is 26.2 Å². The van der Waals surface area contributed by atoms with Crippen molar-refractivity contribution in [3.05, 3.63) is 46.7 Å². The summed E-state index contributed by atoms with van der Waals surface area (Å²) in [6.07, 6.45) is 0. The van der Waals surface area contributed by atoms with Crippen molar-refractivity contribution in [3.8, 4) is 0 Å². The van der Waals surface area contributed by atoms with Crippen LogP contribution in [0.25, 0.3) is 0 Å². The van der Waals surface area contributed by atoms with Crippen LogP contribution < -0.4 is 10.2 Å². The highest BCUT2D eigenvalue weighted by Crippen LogP contribution is 2.29. The highest BCUT2D eigenvalue weighted by Gasteiger charge is 2.24. The number of aryl methyl sites for hydroxylation is 3. The van der Waals surface area contributed by atoms with Crippen molar-refractivity contribution >= 4 is 45.9 Å². The van der Waals surface area contributed by atoms with Crippen LogP contribution in [-0.4, -0.2) is 64.0 Å². The number of benzene rings is 1. The molecule has 0 spiro atoms. The monoisotopic (exact) mass is 472 g/mol. The molecule has 0 unspecified atom stereocenters. The number of hydrogen-bond donors (Lipinski definition) is 1. The molecule has 168 valence electrons. The smallest absolute Gasteiger partial charge is 0.253 e. The van der Waals surface area contributed by atoms with E-state index in [9.17, 15) is 9.59 Å². The third kappa shape index (κ3) is 5.46. The molecule has 1 aliphatic rings. The Hall–Kier alpha value is -2.92. The summed E-state index contributed by atoms with van der Waals surface area (Å²) in [7, 11) is 0. The van der Waals surface area contributed by atoms with E-state index in [2.05, 4.69) is 31.6 Å². The Morgan fingerprint density at radius 2 is 1.78 bits per heavy atom. The molecule has 0 aliphatic carbocycles. The molecule has 32 heavy (non-hydrogen) atoms. The summed E-state index contributed by atoms with van der Waals surface area (Å²) in [5.41, 5.74) is 2.93. The molecular weight excluding hydrogens is 448 g/mol. The van der Waals surface area contributed by atoms with Gasteiger partial charge in [0, 0.05) is 37.8 Å². The van der Waals surface area contributed by atoms with E-state index in [-0.39, 0.29) is 17.6 Å². The number of piperazine rings is 1. The lowest BCUT2D eigenvalue weighted by atomic mass is 10.1. The molecule has 2 aromatic heterocycles. The van der Waals surface area contributed by atoms with E-state index in [0.29, 0.717) is 37.8 Å². The van der Waals surface area contributed by atoms with E-state index < -0.39 is 0 Å². The number of nitrogens with one attached hydrogen (secondary N) is 1. The molecule has 4 rings (SSSR count). The summed E-state index contributed by atoms with van der Waals surface area (Å²) >= 11 is 2.78. The Balaban J connectivity index is 1.27. The van der Waals surface area contributed by atoms with Crippen molar-refractivity contribution in [1.29, 1.82) is 0 Å². The SMILES string of the molecule is Cc1cc(C)cc(C(=O)N2CCN(c3nnc(SCC(=O)Nc4cc(C)on4)s3)CC2)c1. The van der Waals surface area contributed by atoms with Crippen LogP contribution >= 0.6 is 23.1 Å². The van der Waals surface area contributed by atoms with Crippen molar-refractivity contribution in [3.63, 3.8) is 0 Å². The van der Waals surface area contributed by atoms with Gasteiger partial charge in [0.15, 0.2) is 10.2 Å². The van der Waals surface area contributed by atoms with Crippen LogP contribution in [0.4, 0.5) is 10.9 Å². The molecule has 3 aromatic rings. The number of aromatic nitrogens is 3. The lowest BCUT2D eigenvalue weighted by Crippen LogP contribution is -2.48. The van der Waals surface area contributed by atoms with Gasteiger partial charge in [-0.05, 0) is 32.9 Å². The topological polar surface area (TPSA) is 104 Å². The standard InChI is InChI=1S/C21H24N6O3S2/c1-13-8-14(2)10-16(9-13)19(29)26-4-6-27(7-5-26)20-23-24-21(32-20)31-12-18(28)22-17-11-15(3)30-25-17/h8-11H,4-7,12H2,1-3H3,(H,22,25,28). The number of carbonyl (C=O) groups is 2. The average Bonchev–Trinajstić information content (AvgIpc) is 3.40. The second-order valence-corrected chi connectivity index (χ2v) is 9.84. The maximum Gasteiger partial charge on any atom is 0.253 e. The number of hydrogen-bond acceptors (Lipinski definition) is 9. The summed E-state index contributed by atoms with van der Waals surface area (Å²) in [4.78, 5) is 28.9. The zero-order valence-electron chi connectivity index (χ0n) is 18.1. The van der Waals surface area contributed by atoms with E-state index in [1.165, 1.54) is 23.1 Å². The molecule has 1 fully saturated rings. The van der Waals surface area contributed by atoms with Crippen LogP contribution in [0.5, 0.6) is 0 Å². The van der Waals surface area contributed by atoms with Gasteiger partial charge in [0.25, 0.3) is 5.91 Å². The lowest BCUT2D eigenvalue weighted by Gasteiger charge is -2.34. The van der Waals surface area contributed by atoms with E-state index in [1.807, 2.05) is 30.9 Å². The summed E-state index contributed by atoms with van der Waals surface area (Å²) in [5, 5.41) is 15.7. The number of thioether (sulfide) groups is 1. The molecule has 11 heteroatoms. The molecule has 0 atom stereocenters. The van der Waals surface area contributed by atoms with Gasteiger partial charge in [-0.1, -0.05) is 45.4 Å². The predicted molar refractivity (Wildman–Crippen MR) is 125 cm³/mol. The van der Waals surface area contributed by atoms with Crippen molar-refractivity contribution in [1.82, 2.24) is 20.3 Å². The number of carbonyl (C=O) groups excluding carboxylic acids is 2. The first-order valence-electron chi connectivity index (χ1n) is 10.2. The second kappa shape index (κ2) is 9.70. The number of nitrogens with zero attached hydrogens (tertiary/aromatic N) is 5. The zero-order valence-corrected chi connectivity index (χ0v) is 19.8. The molecule has 1 aromatic carbocycles. The van der Waals surface area contributed by atoms with Crippen LogP contribution in [0, 0.1) is 20.8 Å². The number of rotatable bonds is 6. The number of anilines is 2. The molecule has 3 heterocycles. The van der Waals surface area contributed by atoms with Gasteiger partial charge in [0.05, 0.1) is 5.75 Å². The maximum absolute atomic E-state index is 12.9. The quantitative estimate of drug-likeness (QED) is 0.546. The fourth-order valence-corrected chi connectivity index (χ4v) is 5.19. The van der Waals surface area contributed by atoms with Gasteiger partial charge in [-0.25, -0.2) is 0 Å². The van der Waals surface area contributed by atoms with Crippen molar-refractivity contribution in [2.24, 2.45) is 0 Å². The largest absolute Gasteiger partial charge is 0.360 e. The third-order valence-electron chi connectivity index (χ3n) is 4.92. The van der Waals surface area contributed by atoms with Gasteiger partial charge in [0.2, 0.25) is 11.0 Å². The highest BCUT2D eigenvalue weighted by atomic mass is 32.2. The first-order chi connectivity index (χ1) is 15.4. The number of amides is 2. The first-order valence-corrected chi connectivity index (χ1v) is 12.0. The van der Waals surface area contributed by atoms with Gasteiger partial charge in [-0.15, -0.1) is 10.2 Å². The fourth-order valence-electron chi connectivity index (χ4n) is 3.50. The fraction of sp³-hybridized carbons (Fsp3) is 0.381. The molecule has 2 amide bonds.